The standard InChI is InChI=1S/C27H23N3O8/c1-17-4-2-3-5-23(17)26(33)28-29-15-19(14-25(29)32)27(34)37-16-24(31)18-6-10-21(11-7-18)38-22-12-8-20(9-13-22)30(35)36/h2-13,19H,14-16H2,1H3,(H,28,33)/t19-/m0/s1. The van der Waals surface area contributed by atoms with Crippen LogP contribution in [0.5, 0.6) is 11.5 Å². The molecule has 38 heavy (non-hydrogen) atoms. The first-order chi connectivity index (χ1) is 18.2. The molecule has 11 heteroatoms. The normalized spacial score (nSPS) is 14.6. The van der Waals surface area contributed by atoms with Gasteiger partial charge in [-0.3, -0.25) is 39.7 Å². The molecule has 194 valence electrons. The van der Waals surface area contributed by atoms with Crippen molar-refractivity contribution in [3.05, 3.63) is 99.6 Å². The number of hydrogen-bond donors (Lipinski definition) is 1. The number of non-ortho nitro benzene ring substituents is 1. The minimum Gasteiger partial charge on any atom is -0.457 e. The minimum atomic E-state index is -0.815. The van der Waals surface area contributed by atoms with E-state index in [0.29, 0.717) is 17.1 Å². The smallest absolute Gasteiger partial charge is 0.311 e. The van der Waals surface area contributed by atoms with Crippen molar-refractivity contribution in [3.8, 4) is 11.5 Å². The summed E-state index contributed by atoms with van der Waals surface area (Å²) in [6.45, 7) is 1.21. The molecule has 3 aromatic carbocycles. The molecular formula is C27H23N3O8. The summed E-state index contributed by atoms with van der Waals surface area (Å²) in [6.07, 6.45) is -0.143. The maximum absolute atomic E-state index is 12.5. The molecule has 0 spiro atoms. The molecule has 1 saturated heterocycles. The Balaban J connectivity index is 1.26. The van der Waals surface area contributed by atoms with Crippen LogP contribution in [-0.2, 0) is 14.3 Å². The van der Waals surface area contributed by atoms with Gasteiger partial charge < -0.3 is 9.47 Å². The molecule has 4 rings (SSSR count). The van der Waals surface area contributed by atoms with Crippen LogP contribution in [-0.4, -0.2) is 46.7 Å². The molecule has 1 aliphatic rings. The first kappa shape index (κ1) is 26.0. The van der Waals surface area contributed by atoms with Crippen LogP contribution in [0, 0.1) is 23.0 Å². The molecule has 1 aliphatic heterocycles. The molecule has 1 fully saturated rings. The fourth-order valence-electron chi connectivity index (χ4n) is 3.80. The van der Waals surface area contributed by atoms with Crippen LogP contribution in [0.4, 0.5) is 5.69 Å². The number of esters is 1. The topological polar surface area (TPSA) is 145 Å². The lowest BCUT2D eigenvalue weighted by molar-refractivity contribution is -0.384. The van der Waals surface area contributed by atoms with E-state index < -0.39 is 41.0 Å². The minimum absolute atomic E-state index is 0.0574. The van der Waals surface area contributed by atoms with E-state index in [0.717, 1.165) is 10.6 Å². The Bertz CT molecular complexity index is 1390. The van der Waals surface area contributed by atoms with Gasteiger partial charge >= 0.3 is 5.97 Å². The molecule has 0 radical (unpaired) electrons. The van der Waals surface area contributed by atoms with E-state index in [1.54, 1.807) is 43.3 Å². The molecule has 0 aliphatic carbocycles. The quantitative estimate of drug-likeness (QED) is 0.196. The van der Waals surface area contributed by atoms with Gasteiger partial charge in [0.2, 0.25) is 5.91 Å². The summed E-state index contributed by atoms with van der Waals surface area (Å²) in [5.74, 6) is -2.06. The summed E-state index contributed by atoms with van der Waals surface area (Å²) >= 11 is 0. The number of Topliss-reactive ketones (excluding diaryl/α,β-unsaturated/α-hetero) is 1. The van der Waals surface area contributed by atoms with E-state index in [2.05, 4.69) is 5.43 Å². The Hall–Kier alpha value is -5.06. The van der Waals surface area contributed by atoms with E-state index >= 15 is 0 Å². The molecule has 1 heterocycles. The summed E-state index contributed by atoms with van der Waals surface area (Å²) in [5.41, 5.74) is 3.91. The van der Waals surface area contributed by atoms with Crippen LogP contribution in [0.1, 0.15) is 32.7 Å². The van der Waals surface area contributed by atoms with Crippen molar-refractivity contribution in [2.75, 3.05) is 13.2 Å². The van der Waals surface area contributed by atoms with Gasteiger partial charge in [-0.15, -0.1) is 0 Å². The van der Waals surface area contributed by atoms with Gasteiger partial charge in [-0.1, -0.05) is 18.2 Å². The average molecular weight is 517 g/mol. The number of nitro benzene ring substituents is 1. The number of ketones is 1. The number of rotatable bonds is 9. The summed E-state index contributed by atoms with van der Waals surface area (Å²) in [5, 5.41) is 11.8. The number of aryl methyl sites for hydroxylation is 1. The highest BCUT2D eigenvalue weighted by molar-refractivity contribution is 5.99. The van der Waals surface area contributed by atoms with E-state index in [1.807, 2.05) is 0 Å². The number of benzene rings is 3. The summed E-state index contributed by atoms with van der Waals surface area (Å²) in [4.78, 5) is 60.0. The molecule has 3 aromatic rings. The third kappa shape index (κ3) is 6.19. The predicted molar refractivity (Wildman–Crippen MR) is 133 cm³/mol. The lowest BCUT2D eigenvalue weighted by Crippen LogP contribution is -2.43. The van der Waals surface area contributed by atoms with Crippen molar-refractivity contribution in [1.29, 1.82) is 0 Å². The molecule has 0 unspecified atom stereocenters. The second kappa shape index (κ2) is 11.3. The number of nitrogens with zero attached hydrogens (tertiary/aromatic N) is 2. The zero-order chi connectivity index (χ0) is 27.2. The molecule has 0 aromatic heterocycles. The number of carbonyl (C=O) groups is 4. The van der Waals surface area contributed by atoms with Gasteiger partial charge in [0.15, 0.2) is 12.4 Å². The number of hydrazine groups is 1. The van der Waals surface area contributed by atoms with Gasteiger partial charge in [0, 0.05) is 29.7 Å². The van der Waals surface area contributed by atoms with Crippen LogP contribution < -0.4 is 10.2 Å². The summed E-state index contributed by atoms with van der Waals surface area (Å²) in [6, 6.07) is 18.6. The van der Waals surface area contributed by atoms with Crippen molar-refractivity contribution < 1.29 is 33.6 Å². The Morgan fingerprint density at radius 2 is 1.63 bits per heavy atom. The lowest BCUT2D eigenvalue weighted by Gasteiger charge is -2.18. The molecular weight excluding hydrogens is 494 g/mol. The maximum atomic E-state index is 12.5. The van der Waals surface area contributed by atoms with Crippen LogP contribution in [0.2, 0.25) is 0 Å². The molecule has 1 N–H and O–H groups in total. The summed E-state index contributed by atoms with van der Waals surface area (Å²) in [7, 11) is 0. The maximum Gasteiger partial charge on any atom is 0.311 e. The molecule has 2 amide bonds. The highest BCUT2D eigenvalue weighted by Crippen LogP contribution is 2.24. The third-order valence-corrected chi connectivity index (χ3v) is 5.89. The third-order valence-electron chi connectivity index (χ3n) is 5.89. The number of ether oxygens (including phenoxy) is 2. The van der Waals surface area contributed by atoms with Crippen molar-refractivity contribution in [1.82, 2.24) is 10.4 Å². The van der Waals surface area contributed by atoms with Gasteiger partial charge in [-0.05, 0) is 55.0 Å². The number of nitrogens with one attached hydrogen (secondary N) is 1. The largest absolute Gasteiger partial charge is 0.457 e. The summed E-state index contributed by atoms with van der Waals surface area (Å²) < 4.78 is 10.7. The molecule has 0 bridgehead atoms. The van der Waals surface area contributed by atoms with Crippen molar-refractivity contribution in [2.24, 2.45) is 5.92 Å². The van der Waals surface area contributed by atoms with Gasteiger partial charge in [0.25, 0.3) is 11.6 Å². The van der Waals surface area contributed by atoms with Gasteiger partial charge in [0.1, 0.15) is 11.5 Å². The van der Waals surface area contributed by atoms with Gasteiger partial charge in [-0.2, -0.15) is 0 Å². The molecule has 0 saturated carbocycles. The molecule has 11 nitrogen and oxygen atoms in total. The van der Waals surface area contributed by atoms with Crippen LogP contribution in [0.25, 0.3) is 0 Å². The Morgan fingerprint density at radius 1 is 1.00 bits per heavy atom. The fourth-order valence-corrected chi connectivity index (χ4v) is 3.80. The SMILES string of the molecule is Cc1ccccc1C(=O)NN1C[C@@H](C(=O)OCC(=O)c2ccc(Oc3ccc([N+](=O)[O-])cc3)cc2)CC1=O. The second-order valence-corrected chi connectivity index (χ2v) is 8.57. The Morgan fingerprint density at radius 3 is 2.26 bits per heavy atom. The highest BCUT2D eigenvalue weighted by atomic mass is 16.6. The fraction of sp³-hybridized carbons (Fsp3) is 0.185. The van der Waals surface area contributed by atoms with Crippen LogP contribution >= 0.6 is 0 Å². The number of nitro groups is 1. The monoisotopic (exact) mass is 517 g/mol. The highest BCUT2D eigenvalue weighted by Gasteiger charge is 2.37. The number of amides is 2. The van der Waals surface area contributed by atoms with Crippen molar-refractivity contribution >= 4 is 29.3 Å². The van der Waals surface area contributed by atoms with E-state index in [9.17, 15) is 29.3 Å². The van der Waals surface area contributed by atoms with E-state index in [-0.39, 0.29) is 24.2 Å². The zero-order valence-electron chi connectivity index (χ0n) is 20.3. The molecule has 1 atom stereocenters. The zero-order valence-corrected chi connectivity index (χ0v) is 20.3. The van der Waals surface area contributed by atoms with Crippen LogP contribution in [0.3, 0.4) is 0 Å². The van der Waals surface area contributed by atoms with Crippen molar-refractivity contribution in [3.63, 3.8) is 0 Å². The van der Waals surface area contributed by atoms with E-state index in [4.69, 9.17) is 9.47 Å². The first-order valence-corrected chi connectivity index (χ1v) is 11.6. The Kier molecular flexibility index (Phi) is 7.76. The predicted octanol–water partition coefficient (Wildman–Crippen LogP) is 3.61. The number of carbonyl (C=O) groups excluding carboxylic acids is 4. The first-order valence-electron chi connectivity index (χ1n) is 11.6. The lowest BCUT2D eigenvalue weighted by atomic mass is 10.1. The number of hydrogen-bond acceptors (Lipinski definition) is 8. The average Bonchev–Trinajstić information content (AvgIpc) is 3.28. The van der Waals surface area contributed by atoms with Gasteiger partial charge in [0.05, 0.1) is 17.4 Å². The van der Waals surface area contributed by atoms with E-state index in [1.165, 1.54) is 36.4 Å². The van der Waals surface area contributed by atoms with Gasteiger partial charge in [-0.25, -0.2) is 0 Å². The second-order valence-electron chi connectivity index (χ2n) is 8.57. The van der Waals surface area contributed by atoms with Crippen LogP contribution in [0.15, 0.2) is 72.8 Å². The van der Waals surface area contributed by atoms with Crippen molar-refractivity contribution in [2.45, 2.75) is 13.3 Å². The Labute approximate surface area is 217 Å².